The van der Waals surface area contributed by atoms with Crippen LogP contribution in [-0.2, 0) is 20.5 Å². The van der Waals surface area contributed by atoms with Crippen LogP contribution in [0.5, 0.6) is 0 Å². The summed E-state index contributed by atoms with van der Waals surface area (Å²) < 4.78 is 0. The highest BCUT2D eigenvalue weighted by molar-refractivity contribution is 6.34. The summed E-state index contributed by atoms with van der Waals surface area (Å²) in [5.41, 5.74) is -3.12. The summed E-state index contributed by atoms with van der Waals surface area (Å²) in [4.78, 5) is 30.4. The SMILES string of the molecule is CN(C)C(=O)C1(c2ccccc2)C(=O)N(C(C)(C)c2cc(Cl)cc(Cl)c2)CC1(C)O. The quantitative estimate of drug-likeness (QED) is 0.722. The maximum absolute atomic E-state index is 14.0. The van der Waals surface area contributed by atoms with Crippen LogP contribution in [0.15, 0.2) is 48.5 Å². The lowest BCUT2D eigenvalue weighted by Gasteiger charge is -2.38. The number of likely N-dealkylation sites (tertiary alicyclic amines) is 1. The Morgan fingerprint density at radius 1 is 1.10 bits per heavy atom. The zero-order valence-corrected chi connectivity index (χ0v) is 19.3. The maximum Gasteiger partial charge on any atom is 0.246 e. The first-order valence-electron chi connectivity index (χ1n) is 9.64. The van der Waals surface area contributed by atoms with Crippen LogP contribution in [0.3, 0.4) is 0 Å². The van der Waals surface area contributed by atoms with Crippen molar-refractivity contribution in [3.05, 3.63) is 69.7 Å². The Balaban J connectivity index is 2.22. The lowest BCUT2D eigenvalue weighted by Crippen LogP contribution is -2.60. The summed E-state index contributed by atoms with van der Waals surface area (Å²) in [6.45, 7) is 5.21. The third kappa shape index (κ3) is 3.29. The fraction of sp³-hybridized carbons (Fsp3) is 0.391. The second-order valence-electron chi connectivity index (χ2n) is 8.70. The molecule has 2 amide bonds. The average molecular weight is 449 g/mol. The number of halogens is 2. The van der Waals surface area contributed by atoms with Crippen molar-refractivity contribution in [1.82, 2.24) is 9.80 Å². The van der Waals surface area contributed by atoms with E-state index in [1.165, 1.54) is 4.90 Å². The molecule has 30 heavy (non-hydrogen) atoms. The van der Waals surface area contributed by atoms with Gasteiger partial charge in [-0.1, -0.05) is 53.5 Å². The molecule has 0 bridgehead atoms. The number of likely N-dealkylation sites (N-methyl/N-ethyl adjacent to an activating group) is 1. The van der Waals surface area contributed by atoms with Crippen LogP contribution in [0, 0.1) is 0 Å². The van der Waals surface area contributed by atoms with Gasteiger partial charge < -0.3 is 14.9 Å². The van der Waals surface area contributed by atoms with Crippen molar-refractivity contribution in [3.63, 3.8) is 0 Å². The van der Waals surface area contributed by atoms with Gasteiger partial charge in [0.05, 0.1) is 12.1 Å². The molecule has 0 radical (unpaired) electrons. The molecule has 0 spiro atoms. The molecule has 1 aliphatic rings. The number of hydrogen-bond acceptors (Lipinski definition) is 3. The van der Waals surface area contributed by atoms with Gasteiger partial charge in [-0.2, -0.15) is 0 Å². The van der Waals surface area contributed by atoms with Gasteiger partial charge >= 0.3 is 0 Å². The van der Waals surface area contributed by atoms with E-state index in [-0.39, 0.29) is 6.54 Å². The number of rotatable bonds is 4. The monoisotopic (exact) mass is 448 g/mol. The number of carbonyl (C=O) groups excluding carboxylic acids is 2. The molecule has 2 atom stereocenters. The van der Waals surface area contributed by atoms with Gasteiger partial charge in [-0.3, -0.25) is 9.59 Å². The van der Waals surface area contributed by atoms with E-state index in [2.05, 4.69) is 0 Å². The van der Waals surface area contributed by atoms with Crippen molar-refractivity contribution in [3.8, 4) is 0 Å². The minimum atomic E-state index is -1.77. The molecular weight excluding hydrogens is 423 g/mol. The van der Waals surface area contributed by atoms with Gasteiger partial charge in [0.2, 0.25) is 11.8 Å². The van der Waals surface area contributed by atoms with E-state index in [9.17, 15) is 14.7 Å². The van der Waals surface area contributed by atoms with Gasteiger partial charge in [0.25, 0.3) is 0 Å². The molecule has 1 saturated heterocycles. The highest BCUT2D eigenvalue weighted by atomic mass is 35.5. The van der Waals surface area contributed by atoms with Crippen LogP contribution < -0.4 is 0 Å². The molecule has 0 aliphatic carbocycles. The van der Waals surface area contributed by atoms with E-state index in [0.29, 0.717) is 21.2 Å². The van der Waals surface area contributed by atoms with Crippen LogP contribution in [0.25, 0.3) is 0 Å². The summed E-state index contributed by atoms with van der Waals surface area (Å²) in [6, 6.07) is 13.8. The fourth-order valence-electron chi connectivity index (χ4n) is 4.35. The van der Waals surface area contributed by atoms with Crippen LogP contribution in [0.1, 0.15) is 31.9 Å². The molecule has 2 unspecified atom stereocenters. The smallest absolute Gasteiger partial charge is 0.246 e. The number of nitrogens with zero attached hydrogens (tertiary/aromatic N) is 2. The van der Waals surface area contributed by atoms with Gasteiger partial charge in [0.1, 0.15) is 5.60 Å². The van der Waals surface area contributed by atoms with E-state index in [4.69, 9.17) is 23.2 Å². The first kappa shape index (κ1) is 22.6. The molecule has 0 aromatic heterocycles. The zero-order valence-electron chi connectivity index (χ0n) is 17.7. The maximum atomic E-state index is 14.0. The third-order valence-corrected chi connectivity index (χ3v) is 6.45. The van der Waals surface area contributed by atoms with E-state index in [1.807, 2.05) is 13.8 Å². The van der Waals surface area contributed by atoms with Crippen LogP contribution >= 0.6 is 23.2 Å². The van der Waals surface area contributed by atoms with Gasteiger partial charge in [-0.25, -0.2) is 0 Å². The summed E-state index contributed by atoms with van der Waals surface area (Å²) in [7, 11) is 3.17. The van der Waals surface area contributed by atoms with Crippen molar-refractivity contribution in [1.29, 1.82) is 0 Å². The summed E-state index contributed by atoms with van der Waals surface area (Å²) in [6.07, 6.45) is 0. The Morgan fingerprint density at radius 3 is 2.13 bits per heavy atom. The standard InChI is InChI=1S/C23H26Cl2N2O3/c1-21(2,16-11-17(24)13-18(25)12-16)27-14-22(3,30)23(20(27)29,19(28)26(4)5)15-9-7-6-8-10-15/h6-13,30H,14H2,1-5H3. The topological polar surface area (TPSA) is 60.9 Å². The van der Waals surface area contributed by atoms with Crippen molar-refractivity contribution in [2.24, 2.45) is 0 Å². The Morgan fingerprint density at radius 2 is 1.63 bits per heavy atom. The summed E-state index contributed by atoms with van der Waals surface area (Å²) >= 11 is 12.4. The number of β-amino-alcohol motifs (C(OH)–C–C–N with tert-alkyl or cyclic N) is 1. The van der Waals surface area contributed by atoms with Crippen LogP contribution in [0.4, 0.5) is 0 Å². The van der Waals surface area contributed by atoms with Crippen molar-refractivity contribution < 1.29 is 14.7 Å². The molecule has 160 valence electrons. The van der Waals surface area contributed by atoms with Crippen LogP contribution in [-0.4, -0.2) is 53.0 Å². The first-order valence-corrected chi connectivity index (χ1v) is 10.4. The highest BCUT2D eigenvalue weighted by Crippen LogP contribution is 2.48. The minimum Gasteiger partial charge on any atom is -0.386 e. The molecule has 1 aliphatic heterocycles. The number of amides is 2. The highest BCUT2D eigenvalue weighted by Gasteiger charge is 2.68. The molecule has 1 fully saturated rings. The van der Waals surface area contributed by atoms with Gasteiger partial charge in [0.15, 0.2) is 5.41 Å². The van der Waals surface area contributed by atoms with E-state index in [1.54, 1.807) is 74.4 Å². The minimum absolute atomic E-state index is 0.0303. The lowest BCUT2D eigenvalue weighted by atomic mass is 9.68. The summed E-state index contributed by atoms with van der Waals surface area (Å²) in [5, 5.41) is 12.5. The molecule has 0 saturated carbocycles. The predicted octanol–water partition coefficient (Wildman–Crippen LogP) is 3.85. The molecular formula is C23H26Cl2N2O3. The molecule has 1 heterocycles. The molecule has 2 aromatic carbocycles. The van der Waals surface area contributed by atoms with Crippen molar-refractivity contribution >= 4 is 35.0 Å². The van der Waals surface area contributed by atoms with E-state index < -0.39 is 28.4 Å². The number of benzene rings is 2. The largest absolute Gasteiger partial charge is 0.386 e. The lowest BCUT2D eigenvalue weighted by molar-refractivity contribution is -0.151. The third-order valence-electron chi connectivity index (χ3n) is 6.02. The Hall–Kier alpha value is -2.08. The van der Waals surface area contributed by atoms with E-state index in [0.717, 1.165) is 0 Å². The second kappa shape index (κ2) is 7.56. The second-order valence-corrected chi connectivity index (χ2v) is 9.57. The zero-order chi connectivity index (χ0) is 22.5. The molecule has 2 aromatic rings. The average Bonchev–Trinajstić information content (AvgIpc) is 2.88. The Labute approximate surface area is 187 Å². The number of carbonyl (C=O) groups is 2. The van der Waals surface area contributed by atoms with Gasteiger partial charge in [-0.15, -0.1) is 0 Å². The number of hydrogen-bond donors (Lipinski definition) is 1. The molecule has 5 nitrogen and oxygen atoms in total. The summed E-state index contributed by atoms with van der Waals surface area (Å²) in [5.74, 6) is -0.926. The van der Waals surface area contributed by atoms with Crippen molar-refractivity contribution in [2.45, 2.75) is 37.3 Å². The number of aliphatic hydroxyl groups is 1. The first-order chi connectivity index (χ1) is 13.9. The van der Waals surface area contributed by atoms with Gasteiger partial charge in [0, 0.05) is 24.1 Å². The van der Waals surface area contributed by atoms with Crippen molar-refractivity contribution in [2.75, 3.05) is 20.6 Å². The Bertz CT molecular complexity index is 969. The van der Waals surface area contributed by atoms with Gasteiger partial charge in [-0.05, 0) is 50.1 Å². The molecule has 7 heteroatoms. The van der Waals surface area contributed by atoms with E-state index >= 15 is 0 Å². The fourth-order valence-corrected chi connectivity index (χ4v) is 4.87. The predicted molar refractivity (Wildman–Crippen MR) is 119 cm³/mol. The molecule has 1 N–H and O–H groups in total. The Kier molecular flexibility index (Phi) is 5.69. The normalized spacial score (nSPS) is 24.3. The molecule has 3 rings (SSSR count). The van der Waals surface area contributed by atoms with Crippen LogP contribution in [0.2, 0.25) is 10.0 Å².